The van der Waals surface area contributed by atoms with Crippen LogP contribution < -0.4 is 5.32 Å². The molecule has 0 bridgehead atoms. The average Bonchev–Trinajstić information content (AvgIpc) is 1.56. The van der Waals surface area contributed by atoms with Gasteiger partial charge in [0.1, 0.15) is 30.5 Å². The number of benzene rings is 4. The first-order valence-corrected chi connectivity index (χ1v) is 26.3. The molecular formula is C69H103NO9. The Bertz CT molecular complexity index is 3300. The number of ether oxygens (including phenoxy) is 8. The lowest BCUT2D eigenvalue weighted by atomic mass is 9.97. The highest BCUT2D eigenvalue weighted by Gasteiger charge is 2.51. The maximum absolute atomic E-state index is 13.8. The number of hydrogen-bond acceptors (Lipinski definition) is 9. The van der Waals surface area contributed by atoms with Crippen molar-refractivity contribution < 1.29 is 71.2 Å². The van der Waals surface area contributed by atoms with Crippen LogP contribution in [0.1, 0.15) is 111 Å². The molecular weight excluding hydrogens is 987 g/mol. The van der Waals surface area contributed by atoms with Crippen molar-refractivity contribution in [1.82, 2.24) is 5.32 Å². The molecule has 6 rings (SSSR count). The minimum Gasteiger partial charge on any atom is -0.374 e. The van der Waals surface area contributed by atoms with Crippen LogP contribution in [0.25, 0.3) is 0 Å². The summed E-state index contributed by atoms with van der Waals surface area (Å²) in [5, 5.41) is 3.07. The monoisotopic (exact) mass is 1090 g/mol. The second-order valence-electron chi connectivity index (χ2n) is 18.4. The Balaban J connectivity index is -0.000000271. The van der Waals surface area contributed by atoms with Crippen molar-refractivity contribution in [2.45, 2.75) is 141 Å². The second-order valence-corrected chi connectivity index (χ2v) is 18.4. The Morgan fingerprint density at radius 1 is 0.532 bits per heavy atom. The molecule has 2 heterocycles. The largest absolute Gasteiger partial charge is 0.374 e. The van der Waals surface area contributed by atoms with Gasteiger partial charge >= 0.3 is 0 Å². The van der Waals surface area contributed by atoms with Crippen molar-refractivity contribution in [3.63, 3.8) is 0 Å². The molecule has 0 spiro atoms. The normalized spacial score (nSPS) is 19.3. The van der Waals surface area contributed by atoms with Gasteiger partial charge in [-0.1, -0.05) is 160 Å². The van der Waals surface area contributed by atoms with E-state index in [9.17, 15) is 4.79 Å². The summed E-state index contributed by atoms with van der Waals surface area (Å²) in [6.45, 7) is 8.72. The van der Waals surface area contributed by atoms with E-state index in [1.54, 1.807) is 6.92 Å². The van der Waals surface area contributed by atoms with Crippen LogP contribution in [0.2, 0.25) is 0 Å². The first kappa shape index (κ1) is 59.9. The fraction of sp³-hybridized carbons (Fsp3) is 0.348. The van der Waals surface area contributed by atoms with E-state index in [0.29, 0.717) is 13.0 Å². The van der Waals surface area contributed by atoms with Crippen molar-refractivity contribution in [3.05, 3.63) is 144 Å². The van der Waals surface area contributed by atoms with Crippen molar-refractivity contribution in [2.24, 2.45) is 0 Å². The minimum absolute atomic E-state index is 0. The van der Waals surface area contributed by atoms with Crippen molar-refractivity contribution >= 4 is 5.91 Å². The summed E-state index contributed by atoms with van der Waals surface area (Å²) in [6.07, 6.45) is -0.226. The highest BCUT2D eigenvalue weighted by Crippen LogP contribution is 2.35. The molecule has 1 N–H and O–H groups in total. The SMILES string of the molecule is CC#CC#CC#CC#CC#CC#CC#CC#CC#CC#CC(=O)N[C@@H](COC1OC(COCc2ccccc2)C(OCc2ccccc2)C(OCc2ccccc2)C1OCc1ccccc1)[C@@H]1OC(C)(C)O[C@@H]1CCCCCC.[HH].[HH].[HH].[HH].[HH].[HH].[HH].[HH].[HH].[HH].[HH].[HH].[HH].[HH].[HH].[HH].[HH].[HH].[HH].[HH]. The summed E-state index contributed by atoms with van der Waals surface area (Å²) in [6, 6.07) is 38.9. The van der Waals surface area contributed by atoms with Crippen LogP contribution in [-0.2, 0) is 69.1 Å². The van der Waals surface area contributed by atoms with Gasteiger partial charge in [0.15, 0.2) is 12.1 Å². The summed E-state index contributed by atoms with van der Waals surface area (Å²) in [5.74, 6) is 49.9. The first-order chi connectivity index (χ1) is 38.8. The molecule has 5 unspecified atom stereocenters. The zero-order chi connectivity index (χ0) is 55.4. The van der Waals surface area contributed by atoms with Crippen LogP contribution >= 0.6 is 0 Å². The van der Waals surface area contributed by atoms with Crippen LogP contribution in [0.4, 0.5) is 0 Å². The third-order valence-electron chi connectivity index (χ3n) is 11.9. The second kappa shape index (κ2) is 35.1. The van der Waals surface area contributed by atoms with Gasteiger partial charge < -0.3 is 43.2 Å². The van der Waals surface area contributed by atoms with Gasteiger partial charge in [0.25, 0.3) is 5.91 Å². The van der Waals surface area contributed by atoms with Gasteiger partial charge in [-0.15, -0.1) is 0 Å². The zero-order valence-electron chi connectivity index (χ0n) is 45.1. The Labute approximate surface area is 497 Å². The molecule has 1 amide bonds. The quantitative estimate of drug-likeness (QED) is 0.0574. The summed E-state index contributed by atoms with van der Waals surface area (Å²) in [7, 11) is 0. The maximum Gasteiger partial charge on any atom is 0.297 e. The molecule has 2 aliphatic heterocycles. The summed E-state index contributed by atoms with van der Waals surface area (Å²) < 4.78 is 54.2. The lowest BCUT2D eigenvalue weighted by Crippen LogP contribution is -2.62. The van der Waals surface area contributed by atoms with Gasteiger partial charge in [0.05, 0.1) is 51.8 Å². The number of nitrogens with one attached hydrogen (secondary N) is 1. The average molecular weight is 1090 g/mol. The molecule has 2 aliphatic rings. The van der Waals surface area contributed by atoms with Crippen molar-refractivity contribution in [2.75, 3.05) is 13.2 Å². The van der Waals surface area contributed by atoms with E-state index in [1.807, 2.05) is 135 Å². The molecule has 0 aromatic heterocycles. The van der Waals surface area contributed by atoms with E-state index >= 15 is 0 Å². The highest BCUT2D eigenvalue weighted by atomic mass is 16.8. The van der Waals surface area contributed by atoms with Gasteiger partial charge in [-0.05, 0) is 144 Å². The van der Waals surface area contributed by atoms with Crippen LogP contribution in [0.15, 0.2) is 121 Å². The molecule has 79 heavy (non-hydrogen) atoms. The van der Waals surface area contributed by atoms with E-state index in [-0.39, 0.29) is 67.7 Å². The van der Waals surface area contributed by atoms with E-state index < -0.39 is 54.5 Å². The number of rotatable bonds is 23. The zero-order valence-corrected chi connectivity index (χ0v) is 45.1. The molecule has 2 saturated heterocycles. The third kappa shape index (κ3) is 22.6. The number of carbonyl (C=O) groups is 1. The molecule has 10 nitrogen and oxygen atoms in total. The molecule has 0 aliphatic carbocycles. The molecule has 10 heteroatoms. The Morgan fingerprint density at radius 2 is 0.975 bits per heavy atom. The van der Waals surface area contributed by atoms with Crippen LogP contribution in [-0.4, -0.2) is 73.9 Å². The molecule has 8 atom stereocenters. The van der Waals surface area contributed by atoms with E-state index in [0.717, 1.165) is 47.9 Å². The Hall–Kier alpha value is -8.37. The Morgan fingerprint density at radius 3 is 1.46 bits per heavy atom. The Kier molecular flexibility index (Phi) is 26.6. The third-order valence-corrected chi connectivity index (χ3v) is 11.9. The summed E-state index contributed by atoms with van der Waals surface area (Å²) in [5.41, 5.74) is 3.89. The molecule has 2 fully saturated rings. The van der Waals surface area contributed by atoms with E-state index in [1.165, 1.54) is 0 Å². The fourth-order valence-electron chi connectivity index (χ4n) is 8.35. The van der Waals surface area contributed by atoms with Crippen LogP contribution in [0.5, 0.6) is 0 Å². The van der Waals surface area contributed by atoms with Gasteiger partial charge in [0.2, 0.25) is 0 Å². The lowest BCUT2D eigenvalue weighted by molar-refractivity contribution is -0.329. The number of unbranched alkanes of at least 4 members (excludes halogenated alkanes) is 3. The summed E-state index contributed by atoms with van der Waals surface area (Å²) >= 11 is 0. The number of hydrogen-bond donors (Lipinski definition) is 1. The van der Waals surface area contributed by atoms with Crippen LogP contribution in [0, 0.1) is 118 Å². The van der Waals surface area contributed by atoms with Gasteiger partial charge in [0, 0.05) is 46.3 Å². The molecule has 4 aromatic rings. The number of amides is 1. The smallest absolute Gasteiger partial charge is 0.297 e. The highest BCUT2D eigenvalue weighted by molar-refractivity contribution is 5.94. The molecule has 4 aromatic carbocycles. The van der Waals surface area contributed by atoms with Crippen molar-refractivity contribution in [1.29, 1.82) is 0 Å². The first-order valence-electron chi connectivity index (χ1n) is 26.3. The van der Waals surface area contributed by atoms with Gasteiger partial charge in [-0.3, -0.25) is 4.79 Å². The van der Waals surface area contributed by atoms with Crippen molar-refractivity contribution in [3.8, 4) is 118 Å². The maximum atomic E-state index is 13.8. The van der Waals surface area contributed by atoms with E-state index in [2.05, 4.69) is 131 Å². The standard InChI is InChI=1S/C69H63NO9.20H2/c1-5-7-9-11-12-13-14-15-16-17-18-19-20-21-22-23-24-25-39-49-63(71)70-60(64-61(48-38-10-8-6-2)78-69(3,4)79-64)54-76-68-67(75-53-59-46-36-29-37-47-59)66(74-52-58-44-34-28-35-45-58)65(73-51-57-42-32-27-33-43-57)62(77-68)55-72-50-56-40-30-26-31-41-56;;;;;;;;;;;;;;;;;;;;/h26-37,40-47,60-62,64-68H,6,8,10,38,48,50-55H2,1-4H3,(H,70,71);20*1H/t60-,61+,62?,64-,65?,66?,67?,68?;;;;;;;;;;;;;;;;;;;;/m0..................../s1. The predicted octanol–water partition coefficient (Wildman–Crippen LogP) is 13.7. The van der Waals surface area contributed by atoms with Gasteiger partial charge in [-0.2, -0.15) is 0 Å². The van der Waals surface area contributed by atoms with E-state index in [4.69, 9.17) is 37.9 Å². The molecule has 0 radical (unpaired) electrons. The summed E-state index contributed by atoms with van der Waals surface area (Å²) in [4.78, 5) is 13.8. The van der Waals surface area contributed by atoms with Gasteiger partial charge in [-0.25, -0.2) is 0 Å². The topological polar surface area (TPSA) is 103 Å². The number of carbonyl (C=O) groups excluding carboxylic acids is 1. The van der Waals surface area contributed by atoms with Crippen LogP contribution in [0.3, 0.4) is 0 Å². The predicted molar refractivity (Wildman–Crippen MR) is 346 cm³/mol. The fourth-order valence-corrected chi connectivity index (χ4v) is 8.35. The molecule has 438 valence electrons. The molecule has 0 saturated carbocycles. The minimum atomic E-state index is -1.06. The lowest BCUT2D eigenvalue weighted by Gasteiger charge is -2.46.